The Bertz CT molecular complexity index is 1520. The lowest BCUT2D eigenvalue weighted by Gasteiger charge is -2.12. The van der Waals surface area contributed by atoms with Crippen molar-refractivity contribution in [2.75, 3.05) is 26.6 Å². The molecule has 0 saturated heterocycles. The summed E-state index contributed by atoms with van der Waals surface area (Å²) in [6.07, 6.45) is 3.28. The minimum Gasteiger partial charge on any atom is -0.496 e. The van der Waals surface area contributed by atoms with E-state index in [0.29, 0.717) is 30.3 Å². The predicted molar refractivity (Wildman–Crippen MR) is 157 cm³/mol. The fourth-order valence-electron chi connectivity index (χ4n) is 4.41. The van der Waals surface area contributed by atoms with Crippen LogP contribution in [0.25, 0.3) is 6.08 Å². The molecule has 3 aromatic carbocycles. The largest absolute Gasteiger partial charge is 0.496 e. The maximum Gasteiger partial charge on any atom is 0.248 e. The number of benzene rings is 3. The molecule has 0 bridgehead atoms. The molecule has 8 heteroatoms. The fraction of sp³-hybridized carbons (Fsp3) is 0.250. The Balaban J connectivity index is 1.44. The highest BCUT2D eigenvalue weighted by Gasteiger charge is 2.15. The van der Waals surface area contributed by atoms with E-state index in [1.54, 1.807) is 27.4 Å². The maximum atomic E-state index is 12.9. The summed E-state index contributed by atoms with van der Waals surface area (Å²) in [5, 5.41) is 7.62. The third-order valence-corrected chi connectivity index (χ3v) is 6.62. The highest BCUT2D eigenvalue weighted by molar-refractivity contribution is 6.02. The van der Waals surface area contributed by atoms with E-state index in [0.717, 1.165) is 45.1 Å². The molecule has 0 spiro atoms. The standard InChI is InChI=1S/C32H35N3O5/c1-21-9-7-8-10-27(21)40-20-26-17-24(11-14-28(26)37-4)13-16-31(36)33-32-22(2)34-35(23(32)3)19-25-12-15-29(38-5)30(18-25)39-6/h7-18H,19-20H2,1-6H3,(H,33,36)/b16-13+. The number of amides is 1. The van der Waals surface area contributed by atoms with Crippen LogP contribution in [0.3, 0.4) is 0 Å². The second kappa shape index (κ2) is 12.9. The van der Waals surface area contributed by atoms with Crippen molar-refractivity contribution >= 4 is 17.7 Å². The summed E-state index contributed by atoms with van der Waals surface area (Å²) in [6, 6.07) is 19.4. The molecule has 1 heterocycles. The Kier molecular flexibility index (Phi) is 9.11. The second-order valence-corrected chi connectivity index (χ2v) is 9.34. The summed E-state index contributed by atoms with van der Waals surface area (Å²) < 4.78 is 24.1. The van der Waals surface area contributed by atoms with E-state index >= 15 is 0 Å². The summed E-state index contributed by atoms with van der Waals surface area (Å²) in [4.78, 5) is 12.9. The average molecular weight is 542 g/mol. The van der Waals surface area contributed by atoms with Crippen molar-refractivity contribution in [3.8, 4) is 23.0 Å². The van der Waals surface area contributed by atoms with Gasteiger partial charge >= 0.3 is 0 Å². The topological polar surface area (TPSA) is 83.8 Å². The zero-order valence-electron chi connectivity index (χ0n) is 23.8. The van der Waals surface area contributed by atoms with Gasteiger partial charge in [0.05, 0.1) is 44.9 Å². The highest BCUT2D eigenvalue weighted by Crippen LogP contribution is 2.29. The highest BCUT2D eigenvalue weighted by atomic mass is 16.5. The Morgan fingerprint density at radius 3 is 2.33 bits per heavy atom. The van der Waals surface area contributed by atoms with Gasteiger partial charge in [0.1, 0.15) is 18.1 Å². The van der Waals surface area contributed by atoms with E-state index in [1.807, 2.05) is 86.1 Å². The van der Waals surface area contributed by atoms with Crippen LogP contribution in [0.5, 0.6) is 23.0 Å². The molecule has 1 N–H and O–H groups in total. The normalized spacial score (nSPS) is 10.9. The molecule has 0 aliphatic heterocycles. The Labute approximate surface area is 235 Å². The molecule has 0 saturated carbocycles. The number of nitrogens with zero attached hydrogens (tertiary/aromatic N) is 2. The van der Waals surface area contributed by atoms with Gasteiger partial charge in [-0.3, -0.25) is 9.48 Å². The van der Waals surface area contributed by atoms with Gasteiger partial charge in [0.25, 0.3) is 0 Å². The van der Waals surface area contributed by atoms with Crippen molar-refractivity contribution in [2.45, 2.75) is 33.9 Å². The molecule has 0 aliphatic carbocycles. The smallest absolute Gasteiger partial charge is 0.248 e. The van der Waals surface area contributed by atoms with Crippen LogP contribution in [0.1, 0.15) is 33.6 Å². The van der Waals surface area contributed by atoms with E-state index in [2.05, 4.69) is 10.4 Å². The quantitative estimate of drug-likeness (QED) is 0.231. The number of nitrogens with one attached hydrogen (secondary N) is 1. The van der Waals surface area contributed by atoms with Gasteiger partial charge in [-0.25, -0.2) is 0 Å². The van der Waals surface area contributed by atoms with Gasteiger partial charge in [0.15, 0.2) is 11.5 Å². The van der Waals surface area contributed by atoms with Gasteiger partial charge in [0.2, 0.25) is 5.91 Å². The third-order valence-electron chi connectivity index (χ3n) is 6.62. The van der Waals surface area contributed by atoms with Crippen LogP contribution < -0.4 is 24.3 Å². The van der Waals surface area contributed by atoms with Crippen molar-refractivity contribution in [1.29, 1.82) is 0 Å². The maximum absolute atomic E-state index is 12.9. The number of aromatic nitrogens is 2. The number of carbonyl (C=O) groups is 1. The number of anilines is 1. The van der Waals surface area contributed by atoms with E-state index in [1.165, 1.54) is 6.08 Å². The summed E-state index contributed by atoms with van der Waals surface area (Å²) in [5.41, 5.74) is 6.09. The SMILES string of the molecule is COc1ccc(/C=C/C(=O)Nc2c(C)nn(Cc3ccc(OC)c(OC)c3)c2C)cc1COc1ccccc1C. The first-order valence-corrected chi connectivity index (χ1v) is 12.9. The fourth-order valence-corrected chi connectivity index (χ4v) is 4.41. The van der Waals surface area contributed by atoms with Crippen LogP contribution in [-0.2, 0) is 17.9 Å². The van der Waals surface area contributed by atoms with Gasteiger partial charge in [-0.05, 0) is 73.9 Å². The molecule has 1 amide bonds. The lowest BCUT2D eigenvalue weighted by Crippen LogP contribution is -2.10. The van der Waals surface area contributed by atoms with Crippen LogP contribution in [-0.4, -0.2) is 37.0 Å². The van der Waals surface area contributed by atoms with Crippen molar-refractivity contribution in [3.05, 3.63) is 100 Å². The molecule has 0 atom stereocenters. The summed E-state index contributed by atoms with van der Waals surface area (Å²) in [6.45, 7) is 6.69. The first-order valence-electron chi connectivity index (χ1n) is 12.9. The molecule has 208 valence electrons. The zero-order valence-corrected chi connectivity index (χ0v) is 23.8. The van der Waals surface area contributed by atoms with Gasteiger partial charge in [0, 0.05) is 11.6 Å². The van der Waals surface area contributed by atoms with Crippen LogP contribution >= 0.6 is 0 Å². The minimum absolute atomic E-state index is 0.245. The number of hydrogen-bond acceptors (Lipinski definition) is 6. The second-order valence-electron chi connectivity index (χ2n) is 9.34. The molecule has 0 aliphatic rings. The Morgan fingerprint density at radius 2 is 1.60 bits per heavy atom. The number of rotatable bonds is 11. The molecule has 1 aromatic heterocycles. The summed E-state index contributed by atoms with van der Waals surface area (Å²) in [5.74, 6) is 2.63. The van der Waals surface area contributed by atoms with Gasteiger partial charge < -0.3 is 24.3 Å². The van der Waals surface area contributed by atoms with E-state index in [9.17, 15) is 4.79 Å². The van der Waals surface area contributed by atoms with Crippen LogP contribution in [0.2, 0.25) is 0 Å². The third kappa shape index (κ3) is 6.64. The summed E-state index contributed by atoms with van der Waals surface area (Å²) >= 11 is 0. The number of methoxy groups -OCH3 is 3. The van der Waals surface area contributed by atoms with Gasteiger partial charge in [-0.1, -0.05) is 30.3 Å². The Morgan fingerprint density at radius 1 is 0.875 bits per heavy atom. The molecule has 0 unspecified atom stereocenters. The van der Waals surface area contributed by atoms with Crippen LogP contribution in [0, 0.1) is 20.8 Å². The number of aryl methyl sites for hydroxylation is 2. The molecule has 0 fully saturated rings. The Hall–Kier alpha value is -4.72. The first kappa shape index (κ1) is 28.3. The molecular formula is C32H35N3O5. The lowest BCUT2D eigenvalue weighted by molar-refractivity contribution is -0.111. The van der Waals surface area contributed by atoms with E-state index in [4.69, 9.17) is 18.9 Å². The number of para-hydroxylation sites is 1. The van der Waals surface area contributed by atoms with E-state index in [-0.39, 0.29) is 5.91 Å². The van der Waals surface area contributed by atoms with Crippen LogP contribution in [0.4, 0.5) is 5.69 Å². The molecule has 4 aromatic rings. The van der Waals surface area contributed by atoms with Crippen LogP contribution in [0.15, 0.2) is 66.7 Å². The first-order chi connectivity index (χ1) is 19.3. The lowest BCUT2D eigenvalue weighted by atomic mass is 10.1. The van der Waals surface area contributed by atoms with Crippen molar-refractivity contribution in [3.63, 3.8) is 0 Å². The molecule has 0 radical (unpaired) electrons. The van der Waals surface area contributed by atoms with Gasteiger partial charge in [-0.2, -0.15) is 5.10 Å². The van der Waals surface area contributed by atoms with Crippen molar-refractivity contribution < 1.29 is 23.7 Å². The van der Waals surface area contributed by atoms with Crippen molar-refractivity contribution in [2.24, 2.45) is 0 Å². The number of hydrogen-bond donors (Lipinski definition) is 1. The minimum atomic E-state index is -0.245. The molecule has 8 nitrogen and oxygen atoms in total. The molecular weight excluding hydrogens is 506 g/mol. The monoisotopic (exact) mass is 541 g/mol. The van der Waals surface area contributed by atoms with Crippen molar-refractivity contribution in [1.82, 2.24) is 9.78 Å². The molecule has 40 heavy (non-hydrogen) atoms. The number of ether oxygens (including phenoxy) is 4. The summed E-state index contributed by atoms with van der Waals surface area (Å²) in [7, 11) is 4.85. The zero-order chi connectivity index (χ0) is 28.6. The average Bonchev–Trinajstić information content (AvgIpc) is 3.22. The predicted octanol–water partition coefficient (Wildman–Crippen LogP) is 6.11. The van der Waals surface area contributed by atoms with E-state index < -0.39 is 0 Å². The number of carbonyl (C=O) groups excluding carboxylic acids is 1. The van der Waals surface area contributed by atoms with Gasteiger partial charge in [-0.15, -0.1) is 0 Å². The molecule has 4 rings (SSSR count).